The fraction of sp³-hybridized carbons (Fsp3) is 0.550. The van der Waals surface area contributed by atoms with Crippen LogP contribution in [0.3, 0.4) is 0 Å². The Morgan fingerprint density at radius 2 is 1.72 bits per heavy atom. The molecular weight excluding hydrogens is 318 g/mol. The fourth-order valence-electron chi connectivity index (χ4n) is 2.50. The zero-order chi connectivity index (χ0) is 19.0. The second-order valence-electron chi connectivity index (χ2n) is 7.27. The van der Waals surface area contributed by atoms with Gasteiger partial charge in [0.25, 0.3) is 0 Å². The van der Waals surface area contributed by atoms with Crippen LogP contribution in [-0.2, 0) is 20.7 Å². The van der Waals surface area contributed by atoms with Gasteiger partial charge >= 0.3 is 6.09 Å². The van der Waals surface area contributed by atoms with Crippen LogP contribution >= 0.6 is 0 Å². The number of carbonyl (C=O) groups is 3. The molecular formula is C20H29NO4. The molecule has 0 saturated heterocycles. The molecule has 0 bridgehead atoms. The van der Waals surface area contributed by atoms with Crippen molar-refractivity contribution in [1.82, 2.24) is 5.32 Å². The quantitative estimate of drug-likeness (QED) is 0.778. The second-order valence-corrected chi connectivity index (χ2v) is 7.27. The number of nitrogens with one attached hydrogen (secondary N) is 1. The van der Waals surface area contributed by atoms with Crippen molar-refractivity contribution in [2.75, 3.05) is 0 Å². The highest BCUT2D eigenvalue weighted by Crippen LogP contribution is 2.16. The van der Waals surface area contributed by atoms with E-state index in [-0.39, 0.29) is 23.9 Å². The van der Waals surface area contributed by atoms with Crippen LogP contribution in [-0.4, -0.2) is 29.3 Å². The number of hydrogen-bond donors (Lipinski definition) is 1. The molecule has 1 rings (SSSR count). The molecule has 1 aromatic rings. The van der Waals surface area contributed by atoms with Crippen molar-refractivity contribution in [2.45, 2.75) is 65.5 Å². The summed E-state index contributed by atoms with van der Waals surface area (Å²) in [5.74, 6) is -0.557. The lowest BCUT2D eigenvalue weighted by atomic mass is 9.89. The smallest absolute Gasteiger partial charge is 0.408 e. The van der Waals surface area contributed by atoms with Gasteiger partial charge in [0.15, 0.2) is 5.78 Å². The molecule has 1 amide bonds. The van der Waals surface area contributed by atoms with E-state index in [1.165, 1.54) is 6.92 Å². The number of ether oxygens (including phenoxy) is 1. The third-order valence-corrected chi connectivity index (χ3v) is 3.84. The minimum atomic E-state index is -0.646. The molecule has 25 heavy (non-hydrogen) atoms. The van der Waals surface area contributed by atoms with Crippen molar-refractivity contribution in [3.8, 4) is 0 Å². The summed E-state index contributed by atoms with van der Waals surface area (Å²) in [5.41, 5.74) is 0.393. The Morgan fingerprint density at radius 3 is 2.20 bits per heavy atom. The van der Waals surface area contributed by atoms with Crippen LogP contribution in [0.5, 0.6) is 0 Å². The molecule has 0 spiro atoms. The van der Waals surface area contributed by atoms with Gasteiger partial charge in [0.05, 0.1) is 6.04 Å². The first kappa shape index (κ1) is 20.9. The van der Waals surface area contributed by atoms with E-state index < -0.39 is 17.7 Å². The number of carbonyl (C=O) groups excluding carboxylic acids is 3. The second kappa shape index (κ2) is 9.35. The van der Waals surface area contributed by atoms with Crippen molar-refractivity contribution in [1.29, 1.82) is 0 Å². The van der Waals surface area contributed by atoms with E-state index in [0.717, 1.165) is 5.56 Å². The van der Waals surface area contributed by atoms with Crippen LogP contribution < -0.4 is 5.32 Å². The maximum Gasteiger partial charge on any atom is 0.408 e. The lowest BCUT2D eigenvalue weighted by Crippen LogP contribution is -2.44. The first-order chi connectivity index (χ1) is 11.6. The highest BCUT2D eigenvalue weighted by Gasteiger charge is 2.26. The average Bonchev–Trinajstić information content (AvgIpc) is 2.51. The largest absolute Gasteiger partial charge is 0.444 e. The predicted octanol–water partition coefficient (Wildman–Crippen LogP) is 3.70. The summed E-state index contributed by atoms with van der Waals surface area (Å²) >= 11 is 0. The number of ketones is 2. The molecule has 1 aromatic carbocycles. The van der Waals surface area contributed by atoms with Crippen LogP contribution in [0.25, 0.3) is 0 Å². The predicted molar refractivity (Wildman–Crippen MR) is 97.4 cm³/mol. The minimum absolute atomic E-state index is 0.0238. The molecule has 0 radical (unpaired) electrons. The average molecular weight is 347 g/mol. The number of benzene rings is 1. The molecule has 0 aliphatic heterocycles. The molecule has 5 nitrogen and oxygen atoms in total. The van der Waals surface area contributed by atoms with Crippen LogP contribution in [0.2, 0.25) is 0 Å². The highest BCUT2D eigenvalue weighted by molar-refractivity contribution is 5.91. The van der Waals surface area contributed by atoms with E-state index in [1.54, 1.807) is 20.8 Å². The van der Waals surface area contributed by atoms with Crippen LogP contribution in [0.15, 0.2) is 30.3 Å². The third kappa shape index (κ3) is 7.96. The molecule has 1 N–H and O–H groups in total. The molecule has 5 heteroatoms. The molecule has 0 saturated carbocycles. The van der Waals surface area contributed by atoms with Gasteiger partial charge in [0.2, 0.25) is 0 Å². The Kier molecular flexibility index (Phi) is 7.81. The van der Waals surface area contributed by atoms with Gasteiger partial charge in [-0.3, -0.25) is 9.59 Å². The first-order valence-corrected chi connectivity index (χ1v) is 8.69. The van der Waals surface area contributed by atoms with E-state index in [9.17, 15) is 14.4 Å². The molecule has 0 fully saturated rings. The Bertz CT molecular complexity index is 589. The van der Waals surface area contributed by atoms with Gasteiger partial charge in [-0.15, -0.1) is 0 Å². The van der Waals surface area contributed by atoms with Crippen LogP contribution in [0.1, 0.15) is 53.0 Å². The van der Waals surface area contributed by atoms with E-state index in [4.69, 9.17) is 4.74 Å². The van der Waals surface area contributed by atoms with E-state index in [1.807, 2.05) is 37.3 Å². The molecule has 0 aliphatic carbocycles. The molecule has 0 aromatic heterocycles. The molecule has 0 unspecified atom stereocenters. The number of amides is 1. The number of alkyl carbamates (subject to hydrolysis) is 1. The third-order valence-electron chi connectivity index (χ3n) is 3.84. The maximum atomic E-state index is 12.6. The Labute approximate surface area is 150 Å². The van der Waals surface area contributed by atoms with E-state index >= 15 is 0 Å². The van der Waals surface area contributed by atoms with Crippen molar-refractivity contribution in [3.63, 3.8) is 0 Å². The van der Waals surface area contributed by atoms with Gasteiger partial charge in [-0.1, -0.05) is 37.3 Å². The summed E-state index contributed by atoms with van der Waals surface area (Å²) in [6.07, 6.45) is 0.465. The lowest BCUT2D eigenvalue weighted by Gasteiger charge is -2.23. The topological polar surface area (TPSA) is 72.5 Å². The Balaban J connectivity index is 2.70. The zero-order valence-corrected chi connectivity index (χ0v) is 15.8. The maximum absolute atomic E-state index is 12.6. The van der Waals surface area contributed by atoms with Crippen molar-refractivity contribution >= 4 is 17.7 Å². The van der Waals surface area contributed by atoms with Crippen LogP contribution in [0.4, 0.5) is 4.79 Å². The van der Waals surface area contributed by atoms with Gasteiger partial charge in [-0.2, -0.15) is 0 Å². The van der Waals surface area contributed by atoms with E-state index in [0.29, 0.717) is 12.8 Å². The van der Waals surface area contributed by atoms with Gasteiger partial charge in [0.1, 0.15) is 11.4 Å². The van der Waals surface area contributed by atoms with E-state index in [2.05, 4.69) is 5.32 Å². The van der Waals surface area contributed by atoms with Gasteiger partial charge in [-0.05, 0) is 46.1 Å². The fourth-order valence-corrected chi connectivity index (χ4v) is 2.50. The molecule has 138 valence electrons. The number of rotatable bonds is 8. The Hall–Kier alpha value is -2.17. The molecule has 2 atom stereocenters. The summed E-state index contributed by atoms with van der Waals surface area (Å²) in [4.78, 5) is 36.4. The van der Waals surface area contributed by atoms with Gasteiger partial charge < -0.3 is 10.1 Å². The lowest BCUT2D eigenvalue weighted by molar-refractivity contribution is -0.127. The van der Waals surface area contributed by atoms with Crippen molar-refractivity contribution in [2.24, 2.45) is 5.92 Å². The number of hydrogen-bond acceptors (Lipinski definition) is 4. The SMILES string of the molecule is CC[C@H](NC(=O)OC(C)(C)C)C(=O)C[C@@H](Cc1ccccc1)C(C)=O. The summed E-state index contributed by atoms with van der Waals surface area (Å²) in [6, 6.07) is 8.97. The summed E-state index contributed by atoms with van der Waals surface area (Å²) < 4.78 is 5.20. The highest BCUT2D eigenvalue weighted by atomic mass is 16.6. The first-order valence-electron chi connectivity index (χ1n) is 8.69. The van der Waals surface area contributed by atoms with Crippen molar-refractivity contribution < 1.29 is 19.1 Å². The van der Waals surface area contributed by atoms with Crippen molar-refractivity contribution in [3.05, 3.63) is 35.9 Å². The summed E-state index contributed by atoms with van der Waals surface area (Å²) in [5, 5.41) is 2.61. The van der Waals surface area contributed by atoms with Crippen LogP contribution in [0, 0.1) is 5.92 Å². The van der Waals surface area contributed by atoms with Gasteiger partial charge in [-0.25, -0.2) is 4.79 Å². The number of Topliss-reactive ketones (excluding diaryl/α,β-unsaturated/α-hetero) is 2. The minimum Gasteiger partial charge on any atom is -0.444 e. The Morgan fingerprint density at radius 1 is 1.12 bits per heavy atom. The normalized spacial score (nSPS) is 13.6. The molecule has 0 aliphatic rings. The standard InChI is InChI=1S/C20H29NO4/c1-6-17(21-19(24)25-20(3,4)5)18(23)13-16(14(2)22)12-15-10-8-7-9-11-15/h7-11,16-17H,6,12-13H2,1-5H3,(H,21,24)/t16-,17+/m1/s1. The monoisotopic (exact) mass is 347 g/mol. The zero-order valence-electron chi connectivity index (χ0n) is 15.8. The molecule has 0 heterocycles. The summed E-state index contributed by atoms with van der Waals surface area (Å²) in [7, 11) is 0. The summed E-state index contributed by atoms with van der Waals surface area (Å²) in [6.45, 7) is 8.62. The van der Waals surface area contributed by atoms with Gasteiger partial charge in [0, 0.05) is 12.3 Å².